The summed E-state index contributed by atoms with van der Waals surface area (Å²) >= 11 is 3.13. The van der Waals surface area contributed by atoms with Crippen LogP contribution in [0.4, 0.5) is 15.8 Å². The summed E-state index contributed by atoms with van der Waals surface area (Å²) in [5, 5.41) is 5.93. The van der Waals surface area contributed by atoms with Gasteiger partial charge in [0.25, 0.3) is 0 Å². The van der Waals surface area contributed by atoms with Crippen molar-refractivity contribution in [1.29, 1.82) is 0 Å². The van der Waals surface area contributed by atoms with Crippen molar-refractivity contribution >= 4 is 33.2 Å². The largest absolute Gasteiger partial charge is 0.383 e. The SMILES string of the molecule is CC(C)C1CNc2cc(Br)c(F)cc2NC1=O. The van der Waals surface area contributed by atoms with Crippen LogP contribution in [0.1, 0.15) is 13.8 Å². The van der Waals surface area contributed by atoms with Crippen LogP contribution in [-0.2, 0) is 4.79 Å². The van der Waals surface area contributed by atoms with E-state index >= 15 is 0 Å². The summed E-state index contributed by atoms with van der Waals surface area (Å²) in [5.41, 5.74) is 1.24. The fraction of sp³-hybridized carbons (Fsp3) is 0.417. The van der Waals surface area contributed by atoms with E-state index in [2.05, 4.69) is 26.6 Å². The Morgan fingerprint density at radius 2 is 2.12 bits per heavy atom. The van der Waals surface area contributed by atoms with Crippen molar-refractivity contribution in [3.8, 4) is 0 Å². The van der Waals surface area contributed by atoms with E-state index in [1.807, 2.05) is 13.8 Å². The molecule has 92 valence electrons. The van der Waals surface area contributed by atoms with Crippen LogP contribution >= 0.6 is 15.9 Å². The number of hydrogen-bond donors (Lipinski definition) is 2. The maximum absolute atomic E-state index is 13.4. The number of nitrogens with one attached hydrogen (secondary N) is 2. The molecule has 0 saturated heterocycles. The van der Waals surface area contributed by atoms with E-state index in [9.17, 15) is 9.18 Å². The zero-order chi connectivity index (χ0) is 12.6. The number of hydrogen-bond acceptors (Lipinski definition) is 2. The Balaban J connectivity index is 2.35. The van der Waals surface area contributed by atoms with E-state index in [1.54, 1.807) is 6.07 Å². The standard InChI is InChI=1S/C12H14BrFN2O/c1-6(2)7-5-15-10-3-8(13)9(14)4-11(10)16-12(7)17/h3-4,6-7,15H,5H2,1-2H3,(H,16,17). The van der Waals surface area contributed by atoms with Crippen LogP contribution in [0, 0.1) is 17.7 Å². The van der Waals surface area contributed by atoms with Gasteiger partial charge in [-0.25, -0.2) is 4.39 Å². The van der Waals surface area contributed by atoms with Gasteiger partial charge < -0.3 is 10.6 Å². The van der Waals surface area contributed by atoms with Gasteiger partial charge in [0, 0.05) is 12.6 Å². The first kappa shape index (κ1) is 12.4. The van der Waals surface area contributed by atoms with Gasteiger partial charge >= 0.3 is 0 Å². The molecule has 3 nitrogen and oxygen atoms in total. The van der Waals surface area contributed by atoms with Gasteiger partial charge in [-0.05, 0) is 27.9 Å². The molecule has 2 rings (SSSR count). The summed E-state index contributed by atoms with van der Waals surface area (Å²) in [4.78, 5) is 11.9. The van der Waals surface area contributed by atoms with Crippen LogP contribution in [0.2, 0.25) is 0 Å². The van der Waals surface area contributed by atoms with Crippen LogP contribution in [0.25, 0.3) is 0 Å². The normalized spacial score (nSPS) is 19.4. The van der Waals surface area contributed by atoms with Crippen LogP contribution in [0.15, 0.2) is 16.6 Å². The first-order valence-electron chi connectivity index (χ1n) is 5.53. The number of amides is 1. The van der Waals surface area contributed by atoms with E-state index in [0.29, 0.717) is 16.7 Å². The summed E-state index contributed by atoms with van der Waals surface area (Å²) < 4.78 is 13.8. The molecule has 0 radical (unpaired) electrons. The molecule has 5 heteroatoms. The molecule has 1 aliphatic rings. The lowest BCUT2D eigenvalue weighted by molar-refractivity contribution is -0.120. The van der Waals surface area contributed by atoms with Crippen molar-refractivity contribution in [1.82, 2.24) is 0 Å². The van der Waals surface area contributed by atoms with Crippen LogP contribution in [0.3, 0.4) is 0 Å². The highest BCUT2D eigenvalue weighted by Crippen LogP contribution is 2.32. The smallest absolute Gasteiger partial charge is 0.229 e. The molecular weight excluding hydrogens is 287 g/mol. The number of rotatable bonds is 1. The highest BCUT2D eigenvalue weighted by atomic mass is 79.9. The summed E-state index contributed by atoms with van der Waals surface area (Å²) in [5.74, 6) is -0.309. The van der Waals surface area contributed by atoms with Gasteiger partial charge in [0.2, 0.25) is 5.91 Å². The molecule has 0 spiro atoms. The molecule has 1 unspecified atom stereocenters. The number of carbonyl (C=O) groups excluding carboxylic acids is 1. The third-order valence-corrected chi connectivity index (χ3v) is 3.58. The predicted octanol–water partition coefficient (Wildman–Crippen LogP) is 3.22. The van der Waals surface area contributed by atoms with Crippen molar-refractivity contribution in [3.05, 3.63) is 22.4 Å². The molecule has 0 fully saturated rings. The average molecular weight is 301 g/mol. The van der Waals surface area contributed by atoms with Gasteiger partial charge in [0.1, 0.15) is 5.82 Å². The maximum atomic E-state index is 13.4. The molecule has 1 amide bonds. The van der Waals surface area contributed by atoms with Crippen molar-refractivity contribution < 1.29 is 9.18 Å². The van der Waals surface area contributed by atoms with Crippen LogP contribution in [0.5, 0.6) is 0 Å². The number of halogens is 2. The second-order valence-electron chi connectivity index (χ2n) is 4.53. The van der Waals surface area contributed by atoms with Gasteiger partial charge in [0.15, 0.2) is 0 Å². The number of benzene rings is 1. The molecule has 17 heavy (non-hydrogen) atoms. The van der Waals surface area contributed by atoms with Gasteiger partial charge in [-0.1, -0.05) is 13.8 Å². The Hall–Kier alpha value is -1.10. The minimum absolute atomic E-state index is 0.0621. The van der Waals surface area contributed by atoms with Crippen LogP contribution < -0.4 is 10.6 Å². The number of anilines is 2. The first-order chi connectivity index (χ1) is 7.99. The number of carbonyl (C=O) groups is 1. The Morgan fingerprint density at radius 3 is 2.76 bits per heavy atom. The van der Waals surface area contributed by atoms with Gasteiger partial charge in [-0.3, -0.25) is 4.79 Å². The van der Waals surface area contributed by atoms with Crippen molar-refractivity contribution in [3.63, 3.8) is 0 Å². The summed E-state index contributed by atoms with van der Waals surface area (Å²) in [6.45, 7) is 4.56. The third-order valence-electron chi connectivity index (χ3n) is 2.97. The molecule has 2 N–H and O–H groups in total. The average Bonchev–Trinajstić information content (AvgIpc) is 2.38. The summed E-state index contributed by atoms with van der Waals surface area (Å²) in [7, 11) is 0. The Morgan fingerprint density at radius 1 is 1.41 bits per heavy atom. The van der Waals surface area contributed by atoms with E-state index in [-0.39, 0.29) is 23.6 Å². The molecule has 1 heterocycles. The third kappa shape index (κ3) is 2.44. The Labute approximate surface area is 108 Å². The zero-order valence-corrected chi connectivity index (χ0v) is 11.3. The molecular formula is C12H14BrFN2O. The second kappa shape index (κ2) is 4.64. The molecule has 0 aromatic heterocycles. The van der Waals surface area contributed by atoms with Crippen molar-refractivity contribution in [2.45, 2.75) is 13.8 Å². The second-order valence-corrected chi connectivity index (χ2v) is 5.39. The lowest BCUT2D eigenvalue weighted by Gasteiger charge is -2.16. The number of fused-ring (bicyclic) bond motifs is 1. The zero-order valence-electron chi connectivity index (χ0n) is 9.68. The van der Waals surface area contributed by atoms with E-state index < -0.39 is 0 Å². The molecule has 0 bridgehead atoms. The van der Waals surface area contributed by atoms with Gasteiger partial charge in [-0.15, -0.1) is 0 Å². The van der Waals surface area contributed by atoms with Crippen molar-refractivity contribution in [2.75, 3.05) is 17.2 Å². The molecule has 1 aromatic rings. The molecule has 0 saturated carbocycles. The Bertz CT molecular complexity index is 462. The fourth-order valence-corrected chi connectivity index (χ4v) is 2.22. The molecule has 0 aliphatic carbocycles. The monoisotopic (exact) mass is 300 g/mol. The first-order valence-corrected chi connectivity index (χ1v) is 6.32. The lowest BCUT2D eigenvalue weighted by atomic mass is 9.95. The minimum atomic E-state index is -0.381. The van der Waals surface area contributed by atoms with Gasteiger partial charge in [-0.2, -0.15) is 0 Å². The van der Waals surface area contributed by atoms with Crippen molar-refractivity contribution in [2.24, 2.45) is 11.8 Å². The topological polar surface area (TPSA) is 41.1 Å². The predicted molar refractivity (Wildman–Crippen MR) is 69.5 cm³/mol. The summed E-state index contributed by atoms with van der Waals surface area (Å²) in [6.07, 6.45) is 0. The van der Waals surface area contributed by atoms with E-state index in [0.717, 1.165) is 5.69 Å². The highest BCUT2D eigenvalue weighted by Gasteiger charge is 2.26. The van der Waals surface area contributed by atoms with Gasteiger partial charge in [0.05, 0.1) is 21.8 Å². The molecule has 1 atom stereocenters. The van der Waals surface area contributed by atoms with E-state index in [1.165, 1.54) is 6.07 Å². The molecule has 1 aliphatic heterocycles. The van der Waals surface area contributed by atoms with Crippen LogP contribution in [-0.4, -0.2) is 12.5 Å². The highest BCUT2D eigenvalue weighted by molar-refractivity contribution is 9.10. The summed E-state index contributed by atoms with van der Waals surface area (Å²) in [6, 6.07) is 2.97. The maximum Gasteiger partial charge on any atom is 0.229 e. The quantitative estimate of drug-likeness (QED) is 0.836. The Kier molecular flexibility index (Phi) is 3.38. The fourth-order valence-electron chi connectivity index (χ4n) is 1.87. The molecule has 1 aromatic carbocycles. The minimum Gasteiger partial charge on any atom is -0.383 e. The van der Waals surface area contributed by atoms with E-state index in [4.69, 9.17) is 0 Å². The lowest BCUT2D eigenvalue weighted by Crippen LogP contribution is -2.29.